The molecule has 0 atom stereocenters. The maximum Gasteiger partial charge on any atom is 0.152 e. The summed E-state index contributed by atoms with van der Waals surface area (Å²) < 4.78 is 7.48. The minimum absolute atomic E-state index is 0.0240. The van der Waals surface area contributed by atoms with Crippen LogP contribution < -0.4 is 0 Å². The number of hydrogen-bond acceptors (Lipinski definition) is 3. The first kappa shape index (κ1) is 14.9. The zero-order valence-corrected chi connectivity index (χ0v) is 12.6. The van der Waals surface area contributed by atoms with Gasteiger partial charge < -0.3 is 9.30 Å². The molecular weight excluding hydrogens is 244 g/mol. The fourth-order valence-electron chi connectivity index (χ4n) is 1.29. The van der Waals surface area contributed by atoms with Gasteiger partial charge in [-0.3, -0.25) is 4.79 Å². The summed E-state index contributed by atoms with van der Waals surface area (Å²) in [7, 11) is -1.01. The molecule has 18 heavy (non-hydrogen) atoms. The monoisotopic (exact) mass is 266 g/mol. The second kappa shape index (κ2) is 6.66. The Morgan fingerprint density at radius 1 is 1.50 bits per heavy atom. The van der Waals surface area contributed by atoms with Crippen LogP contribution in [0.2, 0.25) is 25.7 Å². The molecule has 4 nitrogen and oxygen atoms in total. The zero-order chi connectivity index (χ0) is 13.6. The maximum absolute atomic E-state index is 10.8. The molecule has 1 aromatic heterocycles. The predicted octanol–water partition coefficient (Wildman–Crippen LogP) is 2.80. The van der Waals surface area contributed by atoms with Gasteiger partial charge >= 0.3 is 0 Å². The Kier molecular flexibility index (Phi) is 5.49. The van der Waals surface area contributed by atoms with Crippen LogP contribution in [0.4, 0.5) is 0 Å². The molecule has 0 aromatic carbocycles. The van der Waals surface area contributed by atoms with Crippen molar-refractivity contribution in [3.63, 3.8) is 0 Å². The van der Waals surface area contributed by atoms with Crippen LogP contribution in [0, 0.1) is 0 Å². The molecule has 0 aliphatic heterocycles. The Labute approximate surface area is 110 Å². The molecule has 0 radical (unpaired) electrons. The van der Waals surface area contributed by atoms with Crippen molar-refractivity contribution >= 4 is 19.9 Å². The highest BCUT2D eigenvalue weighted by molar-refractivity contribution is 6.76. The molecule has 100 valence electrons. The summed E-state index contributed by atoms with van der Waals surface area (Å²) in [6.07, 6.45) is 6.81. The summed E-state index contributed by atoms with van der Waals surface area (Å²) in [6.45, 7) is 9.83. The molecule has 5 heteroatoms. The molecule has 1 heterocycles. The number of aromatic nitrogens is 2. The van der Waals surface area contributed by atoms with Gasteiger partial charge in [-0.15, -0.1) is 0 Å². The van der Waals surface area contributed by atoms with Crippen molar-refractivity contribution in [1.29, 1.82) is 0 Å². The molecule has 0 N–H and O–H groups in total. The maximum atomic E-state index is 10.8. The third-order valence-electron chi connectivity index (χ3n) is 2.38. The normalized spacial score (nSPS) is 12.2. The largest absolute Gasteiger partial charge is 0.361 e. The molecule has 0 aliphatic carbocycles. The number of carbonyl (C=O) groups is 1. The van der Waals surface area contributed by atoms with Crippen LogP contribution in [0.5, 0.6) is 0 Å². The molecule has 0 aliphatic rings. The fourth-order valence-corrected chi connectivity index (χ4v) is 2.04. The van der Waals surface area contributed by atoms with Crippen LogP contribution in [0.1, 0.15) is 12.6 Å². The smallest absolute Gasteiger partial charge is 0.152 e. The van der Waals surface area contributed by atoms with Crippen LogP contribution in [0.3, 0.4) is 0 Å². The Morgan fingerprint density at radius 3 is 2.83 bits per heavy atom. The van der Waals surface area contributed by atoms with Crippen LogP contribution in [-0.4, -0.2) is 30.0 Å². The van der Waals surface area contributed by atoms with Crippen molar-refractivity contribution in [2.24, 2.45) is 0 Å². The van der Waals surface area contributed by atoms with E-state index in [1.54, 1.807) is 12.4 Å². The molecule has 0 saturated carbocycles. The van der Waals surface area contributed by atoms with E-state index in [4.69, 9.17) is 4.74 Å². The van der Waals surface area contributed by atoms with E-state index in [1.807, 2.05) is 10.8 Å². The van der Waals surface area contributed by atoms with Gasteiger partial charge in [0.15, 0.2) is 5.78 Å². The molecule has 0 unspecified atom stereocenters. The summed E-state index contributed by atoms with van der Waals surface area (Å²) in [4.78, 5) is 15.0. The van der Waals surface area contributed by atoms with E-state index in [1.165, 1.54) is 19.0 Å². The third-order valence-corrected chi connectivity index (χ3v) is 4.08. The lowest BCUT2D eigenvalue weighted by Gasteiger charge is -2.15. The first-order valence-corrected chi connectivity index (χ1v) is 9.86. The average Bonchev–Trinajstić information content (AvgIpc) is 2.68. The van der Waals surface area contributed by atoms with Crippen molar-refractivity contribution in [2.45, 2.75) is 39.3 Å². The minimum Gasteiger partial charge on any atom is -0.361 e. The topological polar surface area (TPSA) is 44.1 Å². The van der Waals surface area contributed by atoms with E-state index in [9.17, 15) is 4.79 Å². The molecule has 0 bridgehead atoms. The number of carbonyl (C=O) groups excluding carboxylic acids is 1. The van der Waals surface area contributed by atoms with E-state index in [-0.39, 0.29) is 5.78 Å². The number of rotatable bonds is 7. The molecule has 1 aromatic rings. The lowest BCUT2D eigenvalue weighted by Crippen LogP contribution is -2.21. The summed E-state index contributed by atoms with van der Waals surface area (Å²) >= 11 is 0. The lowest BCUT2D eigenvalue weighted by atomic mass is 10.3. The van der Waals surface area contributed by atoms with Crippen molar-refractivity contribution in [2.75, 3.05) is 6.61 Å². The first-order valence-electron chi connectivity index (χ1n) is 6.15. The van der Waals surface area contributed by atoms with Crippen LogP contribution in [0.25, 0.3) is 6.08 Å². The average molecular weight is 266 g/mol. The molecule has 0 saturated heterocycles. The van der Waals surface area contributed by atoms with Crippen LogP contribution in [-0.2, 0) is 16.3 Å². The number of ketones is 1. The van der Waals surface area contributed by atoms with E-state index < -0.39 is 8.07 Å². The van der Waals surface area contributed by atoms with Crippen LogP contribution in [0.15, 0.2) is 18.6 Å². The molecule has 0 spiro atoms. The van der Waals surface area contributed by atoms with Crippen molar-refractivity contribution in [1.82, 2.24) is 9.55 Å². The van der Waals surface area contributed by atoms with Gasteiger partial charge in [0, 0.05) is 20.9 Å². The summed E-state index contributed by atoms with van der Waals surface area (Å²) in [5.41, 5.74) is 0.777. The number of nitrogens with zero attached hydrogens (tertiary/aromatic N) is 2. The fraction of sp³-hybridized carbons (Fsp3) is 0.538. The van der Waals surface area contributed by atoms with E-state index >= 15 is 0 Å². The lowest BCUT2D eigenvalue weighted by molar-refractivity contribution is -0.112. The molecule has 1 rings (SSSR count). The minimum atomic E-state index is -1.01. The summed E-state index contributed by atoms with van der Waals surface area (Å²) in [5.74, 6) is 0.0240. The standard InChI is InChI=1S/C13H22N2O2Si/c1-12(16)5-6-13-9-15(10-14-13)11-17-7-8-18(2,3)4/h5-6,9-10H,7-8,11H2,1-4H3. The second-order valence-corrected chi connectivity index (χ2v) is 11.2. The quantitative estimate of drug-likeness (QED) is 0.433. The van der Waals surface area contributed by atoms with Gasteiger partial charge in [0.25, 0.3) is 0 Å². The molecule has 0 amide bonds. The molecular formula is C13H22N2O2Si. The number of allylic oxidation sites excluding steroid dienone is 1. The van der Waals surface area contributed by atoms with E-state index in [0.717, 1.165) is 12.3 Å². The first-order chi connectivity index (χ1) is 8.37. The summed E-state index contributed by atoms with van der Waals surface area (Å²) in [5, 5.41) is 0. The van der Waals surface area contributed by atoms with Gasteiger partial charge in [0.05, 0.1) is 12.0 Å². The van der Waals surface area contributed by atoms with Crippen molar-refractivity contribution < 1.29 is 9.53 Å². The van der Waals surface area contributed by atoms with E-state index in [0.29, 0.717) is 6.73 Å². The Bertz CT molecular complexity index is 419. The summed E-state index contributed by atoms with van der Waals surface area (Å²) in [6, 6.07) is 1.17. The van der Waals surface area contributed by atoms with Gasteiger partial charge in [0.1, 0.15) is 6.73 Å². The molecule has 0 fully saturated rings. The number of ether oxygens (including phenoxy) is 1. The second-order valence-electron chi connectivity index (χ2n) is 5.60. The highest BCUT2D eigenvalue weighted by Gasteiger charge is 2.11. The van der Waals surface area contributed by atoms with Gasteiger partial charge in [-0.05, 0) is 25.1 Å². The van der Waals surface area contributed by atoms with Crippen LogP contribution >= 0.6 is 0 Å². The highest BCUT2D eigenvalue weighted by Crippen LogP contribution is 2.08. The number of imidazole rings is 1. The van der Waals surface area contributed by atoms with Crippen molar-refractivity contribution in [3.8, 4) is 0 Å². The van der Waals surface area contributed by atoms with Gasteiger partial charge in [-0.2, -0.15) is 0 Å². The van der Waals surface area contributed by atoms with Crippen molar-refractivity contribution in [3.05, 3.63) is 24.3 Å². The van der Waals surface area contributed by atoms with E-state index in [2.05, 4.69) is 24.6 Å². The number of hydrogen-bond donors (Lipinski definition) is 0. The Hall–Kier alpha value is -1.20. The predicted molar refractivity (Wildman–Crippen MR) is 76.0 cm³/mol. The van der Waals surface area contributed by atoms with Gasteiger partial charge in [0.2, 0.25) is 0 Å². The van der Waals surface area contributed by atoms with Gasteiger partial charge in [-0.1, -0.05) is 19.6 Å². The third kappa shape index (κ3) is 6.51. The SMILES string of the molecule is CC(=O)C=Cc1cn(COCC[Si](C)(C)C)cn1. The Morgan fingerprint density at radius 2 is 2.22 bits per heavy atom. The Balaban J connectivity index is 2.34. The zero-order valence-electron chi connectivity index (χ0n) is 11.6. The highest BCUT2D eigenvalue weighted by atomic mass is 28.3. The van der Waals surface area contributed by atoms with Gasteiger partial charge in [-0.25, -0.2) is 4.98 Å².